The molecule has 0 aromatic carbocycles. The molecule has 0 aliphatic rings. The molecule has 90 valence electrons. The third-order valence-electron chi connectivity index (χ3n) is 1.77. The van der Waals surface area contributed by atoms with Crippen molar-refractivity contribution < 1.29 is 28.2 Å². The number of hydrogen-bond donors (Lipinski definition) is 3. The Labute approximate surface area is 85.1 Å². The highest BCUT2D eigenvalue weighted by Crippen LogP contribution is 2.21. The molecule has 0 aliphatic heterocycles. The van der Waals surface area contributed by atoms with Crippen molar-refractivity contribution >= 4 is 5.91 Å². The van der Waals surface area contributed by atoms with Crippen LogP contribution < -0.4 is 5.32 Å². The van der Waals surface area contributed by atoms with Crippen LogP contribution in [0.25, 0.3) is 0 Å². The van der Waals surface area contributed by atoms with Crippen LogP contribution in [0.4, 0.5) is 13.2 Å². The predicted molar refractivity (Wildman–Crippen MR) is 46.0 cm³/mol. The summed E-state index contributed by atoms with van der Waals surface area (Å²) in [4.78, 5) is 11.0. The Morgan fingerprint density at radius 2 is 1.73 bits per heavy atom. The van der Waals surface area contributed by atoms with Crippen molar-refractivity contribution in [2.24, 2.45) is 0 Å². The molecule has 7 heteroatoms. The van der Waals surface area contributed by atoms with E-state index < -0.39 is 43.7 Å². The summed E-state index contributed by atoms with van der Waals surface area (Å²) in [7, 11) is 0. The first kappa shape index (κ1) is 14.2. The fourth-order valence-electron chi connectivity index (χ4n) is 0.783. The van der Waals surface area contributed by atoms with Crippen molar-refractivity contribution in [3.8, 4) is 0 Å². The van der Waals surface area contributed by atoms with Crippen molar-refractivity contribution in [2.45, 2.75) is 31.5 Å². The quantitative estimate of drug-likeness (QED) is 0.630. The van der Waals surface area contributed by atoms with Gasteiger partial charge in [0.25, 0.3) is 0 Å². The maximum atomic E-state index is 11.7. The fraction of sp³-hybridized carbons (Fsp3) is 0.875. The number of halogens is 3. The summed E-state index contributed by atoms with van der Waals surface area (Å²) < 4.78 is 35.2. The molecule has 0 radical (unpaired) electrons. The Bertz CT molecular complexity index is 214. The number of nitrogens with one attached hydrogen (secondary N) is 1. The van der Waals surface area contributed by atoms with Crippen LogP contribution in [0.1, 0.15) is 19.8 Å². The summed E-state index contributed by atoms with van der Waals surface area (Å²) >= 11 is 0. The van der Waals surface area contributed by atoms with Crippen molar-refractivity contribution in [3.63, 3.8) is 0 Å². The number of alkyl halides is 3. The van der Waals surface area contributed by atoms with E-state index in [1.54, 1.807) is 0 Å². The van der Waals surface area contributed by atoms with Gasteiger partial charge in [-0.3, -0.25) is 4.79 Å². The van der Waals surface area contributed by atoms with E-state index in [0.717, 1.165) is 0 Å². The van der Waals surface area contributed by atoms with E-state index in [4.69, 9.17) is 10.2 Å². The largest absolute Gasteiger partial charge is 0.394 e. The summed E-state index contributed by atoms with van der Waals surface area (Å²) in [6, 6.07) is 0. The Kier molecular flexibility index (Phi) is 5.02. The highest BCUT2D eigenvalue weighted by Gasteiger charge is 2.30. The van der Waals surface area contributed by atoms with Gasteiger partial charge in [0, 0.05) is 6.42 Å². The summed E-state index contributed by atoms with van der Waals surface area (Å²) in [6.45, 7) is 0.251. The molecule has 0 spiro atoms. The lowest BCUT2D eigenvalue weighted by Crippen LogP contribution is -2.51. The zero-order valence-corrected chi connectivity index (χ0v) is 8.26. The molecule has 0 aromatic rings. The number of aliphatic hydroxyl groups is 2. The first-order chi connectivity index (χ1) is 6.72. The van der Waals surface area contributed by atoms with Crippen LogP contribution in [0, 0.1) is 0 Å². The van der Waals surface area contributed by atoms with Gasteiger partial charge in [0.2, 0.25) is 5.91 Å². The number of carbonyl (C=O) groups excluding carboxylic acids is 1. The van der Waals surface area contributed by atoms with E-state index in [-0.39, 0.29) is 0 Å². The molecule has 0 rings (SSSR count). The highest BCUT2D eigenvalue weighted by molar-refractivity contribution is 5.76. The summed E-state index contributed by atoms with van der Waals surface area (Å²) in [5.41, 5.74) is -1.28. The SMILES string of the molecule is CC(CO)(CO)NC(=O)CCC(F)(F)F. The molecule has 1 amide bonds. The average molecular weight is 229 g/mol. The third kappa shape index (κ3) is 6.29. The van der Waals surface area contributed by atoms with Crippen LogP contribution in [0.15, 0.2) is 0 Å². The first-order valence-corrected chi connectivity index (χ1v) is 4.32. The van der Waals surface area contributed by atoms with Gasteiger partial charge in [-0.2, -0.15) is 13.2 Å². The minimum Gasteiger partial charge on any atom is -0.394 e. The van der Waals surface area contributed by atoms with Crippen LogP contribution in [0.3, 0.4) is 0 Å². The fourth-order valence-corrected chi connectivity index (χ4v) is 0.783. The number of amides is 1. The molecule has 0 heterocycles. The van der Waals surface area contributed by atoms with E-state index in [2.05, 4.69) is 5.32 Å². The van der Waals surface area contributed by atoms with Gasteiger partial charge in [-0.05, 0) is 6.92 Å². The zero-order valence-electron chi connectivity index (χ0n) is 8.26. The predicted octanol–water partition coefficient (Wildman–Crippen LogP) is 0.188. The molecule has 0 aliphatic carbocycles. The lowest BCUT2D eigenvalue weighted by atomic mass is 10.1. The van der Waals surface area contributed by atoms with E-state index in [0.29, 0.717) is 0 Å². The van der Waals surface area contributed by atoms with Crippen LogP contribution in [-0.4, -0.2) is 41.0 Å². The van der Waals surface area contributed by atoms with E-state index in [1.165, 1.54) is 6.92 Å². The maximum Gasteiger partial charge on any atom is 0.389 e. The molecule has 3 N–H and O–H groups in total. The number of aliphatic hydroxyl groups excluding tert-OH is 2. The van der Waals surface area contributed by atoms with Crippen molar-refractivity contribution in [2.75, 3.05) is 13.2 Å². The molecule has 0 bridgehead atoms. The van der Waals surface area contributed by atoms with Gasteiger partial charge >= 0.3 is 6.18 Å². The maximum absolute atomic E-state index is 11.7. The number of rotatable bonds is 5. The van der Waals surface area contributed by atoms with Gasteiger partial charge in [-0.1, -0.05) is 0 Å². The molecule has 0 saturated carbocycles. The highest BCUT2D eigenvalue weighted by atomic mass is 19.4. The lowest BCUT2D eigenvalue weighted by molar-refractivity contribution is -0.145. The van der Waals surface area contributed by atoms with E-state index >= 15 is 0 Å². The molecular formula is C8H14F3NO3. The molecule has 0 fully saturated rings. The lowest BCUT2D eigenvalue weighted by Gasteiger charge is -2.26. The van der Waals surface area contributed by atoms with Gasteiger partial charge in [0.1, 0.15) is 0 Å². The molecule has 15 heavy (non-hydrogen) atoms. The van der Waals surface area contributed by atoms with E-state index in [1.807, 2.05) is 0 Å². The minimum absolute atomic E-state index is 0.540. The zero-order chi connectivity index (χ0) is 12.1. The van der Waals surface area contributed by atoms with Crippen LogP contribution >= 0.6 is 0 Å². The van der Waals surface area contributed by atoms with Crippen molar-refractivity contribution in [1.82, 2.24) is 5.32 Å². The van der Waals surface area contributed by atoms with Crippen LogP contribution in [0.5, 0.6) is 0 Å². The number of carbonyl (C=O) groups is 1. The summed E-state index contributed by atoms with van der Waals surface area (Å²) in [5.74, 6) is -0.849. The average Bonchev–Trinajstić information content (AvgIpc) is 2.13. The minimum atomic E-state index is -4.38. The second-order valence-corrected chi connectivity index (χ2v) is 3.54. The second-order valence-electron chi connectivity index (χ2n) is 3.54. The summed E-state index contributed by atoms with van der Waals surface area (Å²) in [6.07, 6.45) is -6.31. The van der Waals surface area contributed by atoms with Gasteiger partial charge in [-0.15, -0.1) is 0 Å². The smallest absolute Gasteiger partial charge is 0.389 e. The van der Waals surface area contributed by atoms with Crippen LogP contribution in [0.2, 0.25) is 0 Å². The molecule has 0 unspecified atom stereocenters. The Morgan fingerprint density at radius 1 is 1.27 bits per heavy atom. The third-order valence-corrected chi connectivity index (χ3v) is 1.77. The van der Waals surface area contributed by atoms with Gasteiger partial charge in [0.05, 0.1) is 25.2 Å². The van der Waals surface area contributed by atoms with Gasteiger partial charge < -0.3 is 15.5 Å². The number of hydrogen-bond acceptors (Lipinski definition) is 3. The van der Waals surface area contributed by atoms with Gasteiger partial charge in [-0.25, -0.2) is 0 Å². The first-order valence-electron chi connectivity index (χ1n) is 4.32. The molecule has 0 saturated heterocycles. The van der Waals surface area contributed by atoms with Crippen molar-refractivity contribution in [3.05, 3.63) is 0 Å². The Hall–Kier alpha value is -0.820. The van der Waals surface area contributed by atoms with Crippen LogP contribution in [-0.2, 0) is 4.79 Å². The topological polar surface area (TPSA) is 69.6 Å². The standard InChI is InChI=1S/C8H14F3NO3/c1-7(4-13,5-14)12-6(15)2-3-8(9,10)11/h13-14H,2-5H2,1H3,(H,12,15). The molecular weight excluding hydrogens is 215 g/mol. The monoisotopic (exact) mass is 229 g/mol. The second kappa shape index (κ2) is 5.32. The molecule has 0 aromatic heterocycles. The van der Waals surface area contributed by atoms with Gasteiger partial charge in [0.15, 0.2) is 0 Å². The summed E-state index contributed by atoms with van der Waals surface area (Å²) in [5, 5.41) is 19.7. The van der Waals surface area contributed by atoms with E-state index in [9.17, 15) is 18.0 Å². The Balaban J connectivity index is 4.04. The van der Waals surface area contributed by atoms with Crippen molar-refractivity contribution in [1.29, 1.82) is 0 Å². The molecule has 0 atom stereocenters. The molecule has 4 nitrogen and oxygen atoms in total. The normalized spacial score (nSPS) is 12.7. The Morgan fingerprint density at radius 3 is 2.07 bits per heavy atom.